The number of amides is 1. The van der Waals surface area contributed by atoms with E-state index in [1.54, 1.807) is 23.5 Å². The van der Waals surface area contributed by atoms with Gasteiger partial charge in [-0.3, -0.25) is 4.79 Å². The number of halogens is 1. The average Bonchev–Trinajstić information content (AvgIpc) is 3.34. The minimum absolute atomic E-state index is 0.0354. The van der Waals surface area contributed by atoms with Crippen molar-refractivity contribution in [3.05, 3.63) is 76.4 Å². The number of fused-ring (bicyclic) bond motifs is 2. The number of hydrogen-bond acceptors (Lipinski definition) is 4. The summed E-state index contributed by atoms with van der Waals surface area (Å²) in [5, 5.41) is 4.05. The van der Waals surface area contributed by atoms with E-state index in [1.165, 1.54) is 12.1 Å². The Hall–Kier alpha value is -3.06. The Kier molecular flexibility index (Phi) is 4.83. The minimum Gasteiger partial charge on any atom is -0.348 e. The van der Waals surface area contributed by atoms with Gasteiger partial charge in [0.1, 0.15) is 16.5 Å². The Morgan fingerprint density at radius 2 is 2.10 bits per heavy atom. The van der Waals surface area contributed by atoms with Gasteiger partial charge in [-0.2, -0.15) is 0 Å². The fraction of sp³-hybridized carbons (Fsp3) is 0.261. The van der Waals surface area contributed by atoms with Crippen LogP contribution in [-0.2, 0) is 17.6 Å². The Bertz CT molecular complexity index is 1230. The molecule has 1 atom stereocenters. The number of nitrogens with one attached hydrogen (secondary N) is 1. The molecule has 1 aliphatic rings. The second kappa shape index (κ2) is 7.65. The molecule has 5 rings (SSSR count). The number of hydrogen-bond donors (Lipinski definition) is 1. The van der Waals surface area contributed by atoms with Gasteiger partial charge in [0, 0.05) is 18.0 Å². The second-order valence-corrected chi connectivity index (χ2v) is 8.71. The first-order valence-electron chi connectivity index (χ1n) is 10.0. The number of benzene rings is 1. The molecule has 3 heterocycles. The highest BCUT2D eigenvalue weighted by atomic mass is 32.1. The van der Waals surface area contributed by atoms with E-state index in [0.29, 0.717) is 0 Å². The Labute approximate surface area is 177 Å². The summed E-state index contributed by atoms with van der Waals surface area (Å²) in [6.07, 6.45) is 6.89. The van der Waals surface area contributed by atoms with Gasteiger partial charge in [-0.05, 0) is 62.1 Å². The lowest BCUT2D eigenvalue weighted by Crippen LogP contribution is -2.31. The summed E-state index contributed by atoms with van der Waals surface area (Å²) in [4.78, 5) is 23.2. The fourth-order valence-corrected chi connectivity index (χ4v) is 5.18. The van der Waals surface area contributed by atoms with E-state index in [-0.39, 0.29) is 24.2 Å². The first-order valence-corrected chi connectivity index (χ1v) is 10.9. The van der Waals surface area contributed by atoms with E-state index >= 15 is 0 Å². The number of aromatic nitrogens is 3. The van der Waals surface area contributed by atoms with Crippen molar-refractivity contribution in [1.29, 1.82) is 0 Å². The highest BCUT2D eigenvalue weighted by Crippen LogP contribution is 2.38. The first kappa shape index (κ1) is 18.9. The lowest BCUT2D eigenvalue weighted by atomic mass is 9.98. The number of carbonyl (C=O) groups is 1. The molecule has 0 saturated carbocycles. The van der Waals surface area contributed by atoms with Gasteiger partial charge in [0.15, 0.2) is 0 Å². The fourth-order valence-electron chi connectivity index (χ4n) is 3.97. The minimum atomic E-state index is -0.257. The van der Waals surface area contributed by atoms with Crippen molar-refractivity contribution in [1.82, 2.24) is 19.7 Å². The molecule has 0 saturated heterocycles. The molecule has 4 aromatic rings. The number of aryl methyl sites for hydroxylation is 2. The lowest BCUT2D eigenvalue weighted by Gasteiger charge is -2.22. The molecular formula is C23H21FN4OS. The van der Waals surface area contributed by atoms with Gasteiger partial charge >= 0.3 is 0 Å². The van der Waals surface area contributed by atoms with Crippen LogP contribution >= 0.6 is 11.3 Å². The molecule has 5 nitrogen and oxygen atoms in total. The van der Waals surface area contributed by atoms with Crippen molar-refractivity contribution in [2.75, 3.05) is 0 Å². The monoisotopic (exact) mass is 420 g/mol. The second-order valence-electron chi connectivity index (χ2n) is 7.68. The zero-order chi connectivity index (χ0) is 20.7. The smallest absolute Gasteiger partial charge is 0.226 e. The summed E-state index contributed by atoms with van der Waals surface area (Å²) in [5.74, 6) is -0.294. The average molecular weight is 421 g/mol. The summed E-state index contributed by atoms with van der Waals surface area (Å²) in [5.41, 5.74) is 4.67. The van der Waals surface area contributed by atoms with Gasteiger partial charge in [-0.25, -0.2) is 14.4 Å². The predicted molar refractivity (Wildman–Crippen MR) is 115 cm³/mol. The number of imidazole rings is 1. The Balaban J connectivity index is 1.33. The molecule has 0 radical (unpaired) electrons. The van der Waals surface area contributed by atoms with Gasteiger partial charge in [0.05, 0.1) is 28.7 Å². The van der Waals surface area contributed by atoms with Crippen LogP contribution in [0.1, 0.15) is 40.7 Å². The number of nitrogens with zero attached hydrogens (tertiary/aromatic N) is 3. The van der Waals surface area contributed by atoms with Crippen LogP contribution in [0.3, 0.4) is 0 Å². The molecule has 30 heavy (non-hydrogen) atoms. The molecule has 1 unspecified atom stereocenters. The molecule has 1 N–H and O–H groups in total. The molecule has 0 aliphatic heterocycles. The van der Waals surface area contributed by atoms with Gasteiger partial charge in [0.2, 0.25) is 5.91 Å². The number of pyridine rings is 1. The number of carbonyl (C=O) groups excluding carboxylic acids is 1. The van der Waals surface area contributed by atoms with Crippen molar-refractivity contribution in [2.45, 2.75) is 38.6 Å². The highest BCUT2D eigenvalue weighted by Gasteiger charge is 2.26. The van der Waals surface area contributed by atoms with E-state index in [0.717, 1.165) is 57.3 Å². The van der Waals surface area contributed by atoms with Crippen LogP contribution in [0, 0.1) is 12.7 Å². The Morgan fingerprint density at radius 1 is 1.27 bits per heavy atom. The number of rotatable bonds is 4. The molecule has 7 heteroatoms. The van der Waals surface area contributed by atoms with Crippen molar-refractivity contribution < 1.29 is 9.18 Å². The van der Waals surface area contributed by atoms with Crippen LogP contribution in [0.25, 0.3) is 16.2 Å². The topological polar surface area (TPSA) is 59.3 Å². The summed E-state index contributed by atoms with van der Waals surface area (Å²) < 4.78 is 15.2. The molecule has 3 aromatic heterocycles. The van der Waals surface area contributed by atoms with Crippen LogP contribution < -0.4 is 5.32 Å². The molecule has 1 amide bonds. The number of thiazole rings is 1. The van der Waals surface area contributed by atoms with Gasteiger partial charge < -0.3 is 9.72 Å². The zero-order valence-electron chi connectivity index (χ0n) is 16.6. The SMILES string of the molecule is Cc1cccn2cc(CC(=O)NC3CCCc4nc(-c5ccc(F)cc5)sc43)nc12. The van der Waals surface area contributed by atoms with Gasteiger partial charge in [-0.1, -0.05) is 6.07 Å². The van der Waals surface area contributed by atoms with Crippen molar-refractivity contribution in [2.24, 2.45) is 0 Å². The standard InChI is InChI=1S/C23H21FN4OS/c1-14-4-3-11-28-13-17(25-22(14)28)12-20(29)26-18-5-2-6-19-21(18)30-23(27-19)15-7-9-16(24)10-8-15/h3-4,7-11,13,18H,2,5-6,12H2,1H3,(H,26,29). The van der Waals surface area contributed by atoms with Crippen molar-refractivity contribution in [3.63, 3.8) is 0 Å². The van der Waals surface area contributed by atoms with E-state index in [2.05, 4.69) is 10.3 Å². The van der Waals surface area contributed by atoms with Crippen LogP contribution in [0.2, 0.25) is 0 Å². The molecule has 0 fully saturated rings. The van der Waals surface area contributed by atoms with E-state index < -0.39 is 0 Å². The third kappa shape index (κ3) is 3.61. The Morgan fingerprint density at radius 3 is 2.90 bits per heavy atom. The van der Waals surface area contributed by atoms with Crippen molar-refractivity contribution >= 4 is 22.9 Å². The molecule has 0 bridgehead atoms. The van der Waals surface area contributed by atoms with Crippen LogP contribution in [0.4, 0.5) is 4.39 Å². The lowest BCUT2D eigenvalue weighted by molar-refractivity contribution is -0.121. The quantitative estimate of drug-likeness (QED) is 0.523. The molecule has 152 valence electrons. The third-order valence-corrected chi connectivity index (χ3v) is 6.71. The maximum absolute atomic E-state index is 13.2. The maximum Gasteiger partial charge on any atom is 0.226 e. The summed E-state index contributed by atoms with van der Waals surface area (Å²) in [6, 6.07) is 10.3. The molecular weight excluding hydrogens is 399 g/mol. The van der Waals surface area contributed by atoms with Crippen LogP contribution in [0.15, 0.2) is 48.8 Å². The molecule has 0 spiro atoms. The predicted octanol–water partition coefficient (Wildman–Crippen LogP) is 4.64. The highest BCUT2D eigenvalue weighted by molar-refractivity contribution is 7.15. The van der Waals surface area contributed by atoms with Crippen LogP contribution in [0.5, 0.6) is 0 Å². The normalized spacial score (nSPS) is 15.9. The maximum atomic E-state index is 13.2. The van der Waals surface area contributed by atoms with E-state index in [4.69, 9.17) is 4.98 Å². The summed E-state index contributed by atoms with van der Waals surface area (Å²) >= 11 is 1.59. The summed E-state index contributed by atoms with van der Waals surface area (Å²) in [6.45, 7) is 2.01. The zero-order valence-corrected chi connectivity index (χ0v) is 17.4. The van der Waals surface area contributed by atoms with E-state index in [9.17, 15) is 9.18 Å². The largest absolute Gasteiger partial charge is 0.348 e. The van der Waals surface area contributed by atoms with E-state index in [1.807, 2.05) is 35.9 Å². The summed E-state index contributed by atoms with van der Waals surface area (Å²) in [7, 11) is 0. The van der Waals surface area contributed by atoms with Gasteiger partial charge in [-0.15, -0.1) is 11.3 Å². The molecule has 1 aliphatic carbocycles. The van der Waals surface area contributed by atoms with Crippen LogP contribution in [-0.4, -0.2) is 20.3 Å². The first-order chi connectivity index (χ1) is 14.6. The van der Waals surface area contributed by atoms with Crippen molar-refractivity contribution in [3.8, 4) is 10.6 Å². The third-order valence-electron chi connectivity index (χ3n) is 5.45. The molecule has 1 aromatic carbocycles. The van der Waals surface area contributed by atoms with Gasteiger partial charge in [0.25, 0.3) is 0 Å².